The molecular weight excluding hydrogens is 228 g/mol. The van der Waals surface area contributed by atoms with Crippen molar-refractivity contribution in [2.75, 3.05) is 6.61 Å². The number of hydrogen-bond donors (Lipinski definition) is 0. The van der Waals surface area contributed by atoms with Crippen LogP contribution in [0.5, 0.6) is 11.5 Å². The van der Waals surface area contributed by atoms with Crippen LogP contribution < -0.4 is 4.74 Å². The van der Waals surface area contributed by atoms with E-state index in [1.807, 2.05) is 39.0 Å². The second-order valence-electron chi connectivity index (χ2n) is 4.32. The smallest absolute Gasteiger partial charge is 0.308 e. The van der Waals surface area contributed by atoms with Crippen molar-refractivity contribution in [1.82, 2.24) is 0 Å². The molecule has 1 heterocycles. The first kappa shape index (κ1) is 14.6. The summed E-state index contributed by atoms with van der Waals surface area (Å²) in [6.45, 7) is 8.40. The van der Waals surface area contributed by atoms with Crippen LogP contribution in [0.25, 0.3) is 0 Å². The molecule has 1 aliphatic rings. The van der Waals surface area contributed by atoms with Gasteiger partial charge >= 0.3 is 5.97 Å². The Morgan fingerprint density at radius 2 is 1.89 bits per heavy atom. The molecule has 0 atom stereocenters. The van der Waals surface area contributed by atoms with Gasteiger partial charge in [0.25, 0.3) is 0 Å². The number of carbonyl (C=O) groups excluding carboxylic acids is 1. The van der Waals surface area contributed by atoms with E-state index in [4.69, 9.17) is 9.47 Å². The molecule has 2 rings (SSSR count). The fraction of sp³-hybridized carbons (Fsp3) is 0.533. The van der Waals surface area contributed by atoms with Crippen LogP contribution in [0.15, 0.2) is 18.2 Å². The molecule has 3 nitrogen and oxygen atoms in total. The van der Waals surface area contributed by atoms with Crippen molar-refractivity contribution in [3.63, 3.8) is 0 Å². The Kier molecular flexibility index (Phi) is 5.69. The van der Waals surface area contributed by atoms with Crippen LogP contribution in [-0.4, -0.2) is 12.6 Å². The monoisotopic (exact) mass is 250 g/mol. The second kappa shape index (κ2) is 7.04. The van der Waals surface area contributed by atoms with Crippen LogP contribution in [0.4, 0.5) is 0 Å². The first-order valence-corrected chi connectivity index (χ1v) is 6.57. The van der Waals surface area contributed by atoms with E-state index < -0.39 is 0 Å². The number of esters is 1. The lowest BCUT2D eigenvalue weighted by Gasteiger charge is -2.09. The fourth-order valence-corrected chi connectivity index (χ4v) is 1.65. The maximum atomic E-state index is 11.0. The van der Waals surface area contributed by atoms with Crippen LogP contribution in [0.2, 0.25) is 0 Å². The first-order valence-electron chi connectivity index (χ1n) is 6.57. The van der Waals surface area contributed by atoms with Gasteiger partial charge in [0, 0.05) is 0 Å². The van der Waals surface area contributed by atoms with Crippen LogP contribution in [0, 0.1) is 12.8 Å². The highest BCUT2D eigenvalue weighted by atomic mass is 16.6. The third-order valence-corrected chi connectivity index (χ3v) is 2.88. The van der Waals surface area contributed by atoms with Gasteiger partial charge < -0.3 is 9.47 Å². The highest BCUT2D eigenvalue weighted by Gasteiger charge is 2.17. The van der Waals surface area contributed by atoms with Crippen LogP contribution >= 0.6 is 0 Å². The van der Waals surface area contributed by atoms with E-state index in [1.165, 1.54) is 5.56 Å². The molecule has 0 aliphatic carbocycles. The summed E-state index contributed by atoms with van der Waals surface area (Å²) in [6, 6.07) is 6.08. The van der Waals surface area contributed by atoms with Gasteiger partial charge in [-0.2, -0.15) is 0 Å². The average molecular weight is 250 g/mol. The Balaban J connectivity index is 0.000000182. The van der Waals surface area contributed by atoms with E-state index in [9.17, 15) is 4.79 Å². The second-order valence-corrected chi connectivity index (χ2v) is 4.32. The molecule has 0 bridgehead atoms. The van der Waals surface area contributed by atoms with Crippen molar-refractivity contribution in [1.29, 1.82) is 0 Å². The zero-order valence-corrected chi connectivity index (χ0v) is 11.7. The zero-order valence-electron chi connectivity index (χ0n) is 11.7. The molecule has 18 heavy (non-hydrogen) atoms. The fourth-order valence-electron chi connectivity index (χ4n) is 1.65. The van der Waals surface area contributed by atoms with Crippen molar-refractivity contribution in [3.8, 4) is 11.5 Å². The number of benzene rings is 1. The summed E-state index contributed by atoms with van der Waals surface area (Å²) < 4.78 is 9.87. The average Bonchev–Trinajstić information content (AvgIpc) is 3.10. The Morgan fingerprint density at radius 3 is 2.33 bits per heavy atom. The number of rotatable bonds is 4. The summed E-state index contributed by atoms with van der Waals surface area (Å²) >= 11 is 0. The minimum absolute atomic E-state index is 0.0486. The Bertz CT molecular complexity index is 394. The number of ether oxygens (including phenoxy) is 2. The molecule has 0 saturated carbocycles. The summed E-state index contributed by atoms with van der Waals surface area (Å²) in [5.74, 6) is 2.15. The van der Waals surface area contributed by atoms with Crippen LogP contribution in [0.3, 0.4) is 0 Å². The Labute approximate surface area is 109 Å². The minimum atomic E-state index is -0.0486. The molecule has 0 spiro atoms. The Hall–Kier alpha value is -1.51. The molecule has 1 aromatic carbocycles. The molecule has 0 amide bonds. The highest BCUT2D eigenvalue weighted by molar-refractivity contribution is 5.72. The topological polar surface area (TPSA) is 38.8 Å². The Morgan fingerprint density at radius 1 is 1.22 bits per heavy atom. The molecule has 1 aromatic rings. The molecule has 100 valence electrons. The van der Waals surface area contributed by atoms with Gasteiger partial charge in [0.1, 0.15) is 0 Å². The summed E-state index contributed by atoms with van der Waals surface area (Å²) in [5, 5.41) is 0. The largest absolute Gasteiger partial charge is 0.466 e. The van der Waals surface area contributed by atoms with Crippen molar-refractivity contribution in [2.45, 2.75) is 40.5 Å². The molecule has 0 unspecified atom stereocenters. The number of fused-ring (bicyclic) bond motifs is 1. The number of hydrogen-bond acceptors (Lipinski definition) is 3. The normalized spacial score (nSPS) is 10.9. The van der Waals surface area contributed by atoms with E-state index in [1.54, 1.807) is 0 Å². The molecule has 3 heteroatoms. The number of aryl methyl sites for hydroxylation is 1. The predicted molar refractivity (Wildman–Crippen MR) is 72.0 cm³/mol. The third kappa shape index (κ3) is 4.40. The van der Waals surface area contributed by atoms with Crippen molar-refractivity contribution in [3.05, 3.63) is 23.8 Å². The van der Waals surface area contributed by atoms with E-state index >= 15 is 0 Å². The van der Waals surface area contributed by atoms with Crippen molar-refractivity contribution >= 4 is 5.97 Å². The molecule has 0 fully saturated rings. The SMILES string of the molecule is CCOC(=O)C(CC)CC.Cc1ccc2c(c1)O2. The lowest BCUT2D eigenvalue weighted by Crippen LogP contribution is -2.15. The predicted octanol–water partition coefficient (Wildman–Crippen LogP) is 4.09. The van der Waals surface area contributed by atoms with Gasteiger partial charge in [0.2, 0.25) is 0 Å². The molecular formula is C15H22O3. The molecule has 0 radical (unpaired) electrons. The summed E-state index contributed by atoms with van der Waals surface area (Å²) in [7, 11) is 0. The summed E-state index contributed by atoms with van der Waals surface area (Å²) in [5.41, 5.74) is 1.27. The summed E-state index contributed by atoms with van der Waals surface area (Å²) in [4.78, 5) is 11.0. The molecule has 0 saturated heterocycles. The first-order chi connectivity index (χ1) is 8.62. The van der Waals surface area contributed by atoms with E-state index in [-0.39, 0.29) is 11.9 Å². The summed E-state index contributed by atoms with van der Waals surface area (Å²) in [6.07, 6.45) is 1.77. The van der Waals surface area contributed by atoms with Gasteiger partial charge in [-0.1, -0.05) is 19.9 Å². The minimum Gasteiger partial charge on any atom is -0.466 e. The van der Waals surface area contributed by atoms with Crippen LogP contribution in [0.1, 0.15) is 39.2 Å². The highest BCUT2D eigenvalue weighted by Crippen LogP contribution is 2.44. The van der Waals surface area contributed by atoms with Gasteiger partial charge in [-0.15, -0.1) is 0 Å². The van der Waals surface area contributed by atoms with Gasteiger partial charge in [0.15, 0.2) is 11.5 Å². The van der Waals surface area contributed by atoms with E-state index in [0.29, 0.717) is 6.61 Å². The quantitative estimate of drug-likeness (QED) is 0.606. The third-order valence-electron chi connectivity index (χ3n) is 2.88. The number of carbonyl (C=O) groups is 1. The lowest BCUT2D eigenvalue weighted by atomic mass is 10.0. The van der Waals surface area contributed by atoms with E-state index in [0.717, 1.165) is 24.3 Å². The van der Waals surface area contributed by atoms with Crippen LogP contribution in [-0.2, 0) is 9.53 Å². The lowest BCUT2D eigenvalue weighted by molar-refractivity contribution is -0.148. The van der Waals surface area contributed by atoms with E-state index in [2.05, 4.69) is 6.92 Å². The van der Waals surface area contributed by atoms with Gasteiger partial charge in [-0.3, -0.25) is 4.79 Å². The van der Waals surface area contributed by atoms with Gasteiger partial charge in [0.05, 0.1) is 12.5 Å². The van der Waals surface area contributed by atoms with Crippen molar-refractivity contribution in [2.24, 2.45) is 5.92 Å². The standard InChI is InChI=1S/C8H16O2.C7H6O/c1-4-7(5-2)8(9)10-6-3;1-5-2-3-6-7(4-5)8-6/h7H,4-6H2,1-3H3;2-4H,1H3. The molecule has 1 aliphatic heterocycles. The molecule has 0 aromatic heterocycles. The van der Waals surface area contributed by atoms with Crippen molar-refractivity contribution < 1.29 is 14.3 Å². The zero-order chi connectivity index (χ0) is 13.5. The molecule has 0 N–H and O–H groups in total. The maximum Gasteiger partial charge on any atom is 0.308 e. The van der Waals surface area contributed by atoms with Gasteiger partial charge in [-0.05, 0) is 44.4 Å². The van der Waals surface area contributed by atoms with Gasteiger partial charge in [-0.25, -0.2) is 0 Å². The maximum absolute atomic E-state index is 11.0.